The number of hydrogen-bond acceptors (Lipinski definition) is 4. The van der Waals surface area contributed by atoms with Crippen molar-refractivity contribution in [2.24, 2.45) is 0 Å². The van der Waals surface area contributed by atoms with Crippen LogP contribution in [0, 0.1) is 0 Å². The van der Waals surface area contributed by atoms with Gasteiger partial charge in [-0.1, -0.05) is 19.0 Å². The summed E-state index contributed by atoms with van der Waals surface area (Å²) in [6.07, 6.45) is 2.08. The van der Waals surface area contributed by atoms with Crippen LogP contribution in [0.25, 0.3) is 0 Å². The molecule has 19 heavy (non-hydrogen) atoms. The highest BCUT2D eigenvalue weighted by Crippen LogP contribution is 2.15. The van der Waals surface area contributed by atoms with E-state index in [0.29, 0.717) is 13.0 Å². The zero-order valence-electron chi connectivity index (χ0n) is 11.8. The minimum Gasteiger partial charge on any atom is -0.396 e. The molecule has 1 rings (SSSR count). The van der Waals surface area contributed by atoms with Gasteiger partial charge in [0.15, 0.2) is 0 Å². The van der Waals surface area contributed by atoms with E-state index in [2.05, 4.69) is 15.8 Å². The SMILES string of the molecule is CCc1noc(CC)c1CNC(=O)N[C@H](C)CCO. The fraction of sp³-hybridized carbons (Fsp3) is 0.692. The molecule has 0 aromatic carbocycles. The van der Waals surface area contributed by atoms with Crippen molar-refractivity contribution in [3.05, 3.63) is 17.0 Å². The second-order valence-electron chi connectivity index (χ2n) is 4.48. The van der Waals surface area contributed by atoms with Gasteiger partial charge in [-0.2, -0.15) is 0 Å². The third-order valence-corrected chi connectivity index (χ3v) is 2.97. The average molecular weight is 269 g/mol. The number of nitrogens with one attached hydrogen (secondary N) is 2. The first-order valence-electron chi connectivity index (χ1n) is 6.73. The number of hydrogen-bond donors (Lipinski definition) is 3. The minimum atomic E-state index is -0.244. The molecule has 0 aliphatic rings. The number of rotatable bonds is 7. The summed E-state index contributed by atoms with van der Waals surface area (Å²) in [5.41, 5.74) is 1.86. The number of urea groups is 1. The predicted octanol–water partition coefficient (Wildman–Crippen LogP) is 1.37. The van der Waals surface area contributed by atoms with Crippen molar-refractivity contribution in [2.75, 3.05) is 6.61 Å². The van der Waals surface area contributed by atoms with Crippen LogP contribution in [-0.2, 0) is 19.4 Å². The summed E-state index contributed by atoms with van der Waals surface area (Å²) < 4.78 is 5.23. The van der Waals surface area contributed by atoms with Crippen molar-refractivity contribution < 1.29 is 14.4 Å². The summed E-state index contributed by atoms with van der Waals surface area (Å²) in [5, 5.41) is 18.3. The molecule has 3 N–H and O–H groups in total. The molecule has 6 heteroatoms. The molecule has 0 unspecified atom stereocenters. The Balaban J connectivity index is 2.52. The molecule has 0 aliphatic heterocycles. The number of carbonyl (C=O) groups is 1. The molecule has 0 saturated heterocycles. The van der Waals surface area contributed by atoms with E-state index in [1.807, 2.05) is 20.8 Å². The van der Waals surface area contributed by atoms with E-state index < -0.39 is 0 Å². The maximum atomic E-state index is 11.7. The number of aryl methyl sites for hydroxylation is 2. The van der Waals surface area contributed by atoms with Gasteiger partial charge < -0.3 is 20.3 Å². The first-order chi connectivity index (χ1) is 9.12. The molecule has 0 radical (unpaired) electrons. The van der Waals surface area contributed by atoms with Crippen molar-refractivity contribution in [1.29, 1.82) is 0 Å². The summed E-state index contributed by atoms with van der Waals surface area (Å²) >= 11 is 0. The highest BCUT2D eigenvalue weighted by atomic mass is 16.5. The Bertz CT molecular complexity index is 382. The lowest BCUT2D eigenvalue weighted by Crippen LogP contribution is -2.40. The van der Waals surface area contributed by atoms with Crippen LogP contribution >= 0.6 is 0 Å². The van der Waals surface area contributed by atoms with Gasteiger partial charge in [0, 0.05) is 31.2 Å². The topological polar surface area (TPSA) is 87.4 Å². The summed E-state index contributed by atoms with van der Waals surface area (Å²) in [7, 11) is 0. The highest BCUT2D eigenvalue weighted by Gasteiger charge is 2.14. The summed E-state index contributed by atoms with van der Waals surface area (Å²) in [5.74, 6) is 0.820. The molecule has 1 heterocycles. The minimum absolute atomic E-state index is 0.0521. The van der Waals surface area contributed by atoms with E-state index in [4.69, 9.17) is 9.63 Å². The lowest BCUT2D eigenvalue weighted by Gasteiger charge is -2.13. The molecule has 1 aromatic heterocycles. The smallest absolute Gasteiger partial charge is 0.315 e. The van der Waals surface area contributed by atoms with Crippen LogP contribution in [0.15, 0.2) is 4.52 Å². The number of carbonyl (C=O) groups excluding carboxylic acids is 1. The zero-order chi connectivity index (χ0) is 14.3. The number of aliphatic hydroxyl groups is 1. The average Bonchev–Trinajstić information content (AvgIpc) is 2.78. The monoisotopic (exact) mass is 269 g/mol. The normalized spacial score (nSPS) is 12.2. The number of aromatic nitrogens is 1. The van der Waals surface area contributed by atoms with Crippen molar-refractivity contribution >= 4 is 6.03 Å². The molecule has 6 nitrogen and oxygen atoms in total. The Labute approximate surface area is 113 Å². The third-order valence-electron chi connectivity index (χ3n) is 2.97. The van der Waals surface area contributed by atoms with Gasteiger partial charge in [-0.15, -0.1) is 0 Å². The molecule has 0 saturated carbocycles. The van der Waals surface area contributed by atoms with Gasteiger partial charge >= 0.3 is 6.03 Å². The Kier molecular flexibility index (Phi) is 6.35. The predicted molar refractivity (Wildman–Crippen MR) is 71.8 cm³/mol. The first kappa shape index (κ1) is 15.5. The quantitative estimate of drug-likeness (QED) is 0.697. The van der Waals surface area contributed by atoms with Gasteiger partial charge in [-0.05, 0) is 19.8 Å². The van der Waals surface area contributed by atoms with Gasteiger partial charge in [0.05, 0.1) is 5.69 Å². The second-order valence-corrected chi connectivity index (χ2v) is 4.48. The molecular weight excluding hydrogens is 246 g/mol. The van der Waals surface area contributed by atoms with Gasteiger partial charge in [0.1, 0.15) is 5.76 Å². The Morgan fingerprint density at radius 1 is 1.42 bits per heavy atom. The standard InChI is InChI=1S/C13H23N3O3/c1-4-11-10(12(5-2)19-16-11)8-14-13(18)15-9(3)6-7-17/h9,17H,4-8H2,1-3H3,(H2,14,15,18)/t9-/m1/s1. The maximum Gasteiger partial charge on any atom is 0.315 e. The fourth-order valence-corrected chi connectivity index (χ4v) is 1.85. The molecule has 1 aromatic rings. The van der Waals surface area contributed by atoms with Gasteiger partial charge in [0.2, 0.25) is 0 Å². The van der Waals surface area contributed by atoms with Gasteiger partial charge in [-0.3, -0.25) is 0 Å². The van der Waals surface area contributed by atoms with E-state index >= 15 is 0 Å². The van der Waals surface area contributed by atoms with Crippen LogP contribution in [0.3, 0.4) is 0 Å². The van der Waals surface area contributed by atoms with E-state index in [0.717, 1.165) is 29.9 Å². The molecule has 0 fully saturated rings. The van der Waals surface area contributed by atoms with Crippen LogP contribution in [0.2, 0.25) is 0 Å². The Morgan fingerprint density at radius 3 is 2.74 bits per heavy atom. The molecule has 108 valence electrons. The number of amides is 2. The van der Waals surface area contributed by atoms with Crippen molar-refractivity contribution in [1.82, 2.24) is 15.8 Å². The number of nitrogens with zero attached hydrogens (tertiary/aromatic N) is 1. The van der Waals surface area contributed by atoms with Crippen molar-refractivity contribution in [3.8, 4) is 0 Å². The van der Waals surface area contributed by atoms with E-state index in [9.17, 15) is 4.79 Å². The molecule has 0 aliphatic carbocycles. The Hall–Kier alpha value is -1.56. The van der Waals surface area contributed by atoms with Crippen molar-refractivity contribution in [3.63, 3.8) is 0 Å². The molecule has 0 spiro atoms. The Morgan fingerprint density at radius 2 is 2.16 bits per heavy atom. The van der Waals surface area contributed by atoms with Gasteiger partial charge in [-0.25, -0.2) is 4.79 Å². The molecule has 0 bridgehead atoms. The first-order valence-corrected chi connectivity index (χ1v) is 6.73. The van der Waals surface area contributed by atoms with Crippen LogP contribution in [0.4, 0.5) is 4.79 Å². The second kappa shape index (κ2) is 7.78. The van der Waals surface area contributed by atoms with E-state index in [1.165, 1.54) is 0 Å². The van der Waals surface area contributed by atoms with Crippen LogP contribution in [0.5, 0.6) is 0 Å². The summed E-state index contributed by atoms with van der Waals surface area (Å²) in [6.45, 7) is 6.32. The van der Waals surface area contributed by atoms with Crippen LogP contribution < -0.4 is 10.6 Å². The fourth-order valence-electron chi connectivity index (χ4n) is 1.85. The third kappa shape index (κ3) is 4.55. The largest absolute Gasteiger partial charge is 0.396 e. The van der Waals surface area contributed by atoms with Crippen molar-refractivity contribution in [2.45, 2.75) is 52.6 Å². The van der Waals surface area contributed by atoms with Crippen LogP contribution in [-0.4, -0.2) is 28.9 Å². The zero-order valence-corrected chi connectivity index (χ0v) is 11.8. The molecular formula is C13H23N3O3. The lowest BCUT2D eigenvalue weighted by atomic mass is 10.1. The molecule has 1 atom stereocenters. The highest BCUT2D eigenvalue weighted by molar-refractivity contribution is 5.74. The lowest BCUT2D eigenvalue weighted by molar-refractivity contribution is 0.230. The van der Waals surface area contributed by atoms with E-state index in [-0.39, 0.29) is 18.7 Å². The maximum absolute atomic E-state index is 11.7. The molecule has 2 amide bonds. The van der Waals surface area contributed by atoms with Crippen LogP contribution in [0.1, 0.15) is 44.2 Å². The summed E-state index contributed by atoms with van der Waals surface area (Å²) in [6, 6.07) is -0.296. The van der Waals surface area contributed by atoms with Gasteiger partial charge in [0.25, 0.3) is 0 Å². The number of aliphatic hydroxyl groups excluding tert-OH is 1. The summed E-state index contributed by atoms with van der Waals surface area (Å²) in [4.78, 5) is 11.7. The van der Waals surface area contributed by atoms with E-state index in [1.54, 1.807) is 0 Å².